The van der Waals surface area contributed by atoms with Gasteiger partial charge in [-0.3, -0.25) is 9.69 Å². The van der Waals surface area contributed by atoms with Gasteiger partial charge in [-0.15, -0.1) is 0 Å². The van der Waals surface area contributed by atoms with Crippen LogP contribution < -0.4 is 5.32 Å². The van der Waals surface area contributed by atoms with Crippen molar-refractivity contribution in [3.05, 3.63) is 0 Å². The van der Waals surface area contributed by atoms with E-state index in [-0.39, 0.29) is 5.91 Å². The van der Waals surface area contributed by atoms with Crippen LogP contribution in [0, 0.1) is 0 Å². The van der Waals surface area contributed by atoms with Gasteiger partial charge in [0.2, 0.25) is 5.91 Å². The summed E-state index contributed by atoms with van der Waals surface area (Å²) in [7, 11) is 3.83. The van der Waals surface area contributed by atoms with Crippen molar-refractivity contribution in [3.63, 3.8) is 0 Å². The van der Waals surface area contributed by atoms with E-state index in [0.29, 0.717) is 19.2 Å². The Hall–Kier alpha value is -0.690. The van der Waals surface area contributed by atoms with E-state index in [9.17, 15) is 4.79 Å². The van der Waals surface area contributed by atoms with Gasteiger partial charge in [-0.1, -0.05) is 0 Å². The summed E-state index contributed by atoms with van der Waals surface area (Å²) in [6.07, 6.45) is 2.46. The van der Waals surface area contributed by atoms with Gasteiger partial charge in [0.25, 0.3) is 0 Å². The molecule has 2 fully saturated rings. The first kappa shape index (κ1) is 16.7. The van der Waals surface area contributed by atoms with Crippen molar-refractivity contribution in [2.24, 2.45) is 0 Å². The fourth-order valence-corrected chi connectivity index (χ4v) is 3.03. The summed E-state index contributed by atoms with van der Waals surface area (Å²) in [5.74, 6) is 0.261. The molecule has 0 aromatic rings. The van der Waals surface area contributed by atoms with Gasteiger partial charge < -0.3 is 19.9 Å². The van der Waals surface area contributed by atoms with E-state index in [1.807, 2.05) is 4.90 Å². The molecule has 6 heteroatoms. The number of hydrogen-bond donors (Lipinski definition) is 1. The summed E-state index contributed by atoms with van der Waals surface area (Å²) in [5, 5.41) is 3.51. The van der Waals surface area contributed by atoms with Crippen molar-refractivity contribution in [1.82, 2.24) is 20.0 Å². The maximum absolute atomic E-state index is 12.5. The van der Waals surface area contributed by atoms with Crippen LogP contribution in [0.15, 0.2) is 0 Å². The second-order valence-corrected chi connectivity index (χ2v) is 6.21. The highest BCUT2D eigenvalue weighted by molar-refractivity contribution is 5.78. The van der Waals surface area contributed by atoms with Crippen LogP contribution in [0.5, 0.6) is 0 Å². The fourth-order valence-electron chi connectivity index (χ4n) is 3.03. The first-order valence-electron chi connectivity index (χ1n) is 8.10. The zero-order valence-corrected chi connectivity index (χ0v) is 13.5. The molecular weight excluding hydrogens is 268 g/mol. The number of amides is 1. The van der Waals surface area contributed by atoms with Crippen molar-refractivity contribution < 1.29 is 9.53 Å². The van der Waals surface area contributed by atoms with E-state index in [1.165, 1.54) is 12.8 Å². The Labute approximate surface area is 128 Å². The molecule has 2 heterocycles. The molecule has 1 amide bonds. The van der Waals surface area contributed by atoms with Gasteiger partial charge in [0.15, 0.2) is 0 Å². The molecule has 0 radical (unpaired) electrons. The minimum atomic E-state index is 0.261. The quantitative estimate of drug-likeness (QED) is 0.684. The Balaban J connectivity index is 1.79. The highest BCUT2D eigenvalue weighted by Gasteiger charge is 2.23. The summed E-state index contributed by atoms with van der Waals surface area (Å²) >= 11 is 0. The van der Waals surface area contributed by atoms with Gasteiger partial charge >= 0.3 is 0 Å². The zero-order valence-electron chi connectivity index (χ0n) is 13.5. The maximum Gasteiger partial charge on any atom is 0.236 e. The molecule has 1 N–H and O–H groups in total. The van der Waals surface area contributed by atoms with Crippen LogP contribution in [0.1, 0.15) is 12.8 Å². The van der Waals surface area contributed by atoms with Crippen molar-refractivity contribution in [2.75, 3.05) is 73.1 Å². The van der Waals surface area contributed by atoms with Crippen LogP contribution in [-0.2, 0) is 9.53 Å². The van der Waals surface area contributed by atoms with Crippen molar-refractivity contribution in [1.29, 1.82) is 0 Å². The highest BCUT2D eigenvalue weighted by atomic mass is 16.5. The van der Waals surface area contributed by atoms with Gasteiger partial charge in [0.05, 0.1) is 13.2 Å². The molecule has 0 aliphatic carbocycles. The predicted molar refractivity (Wildman–Crippen MR) is 83.4 cm³/mol. The average molecular weight is 298 g/mol. The Morgan fingerprint density at radius 1 is 1.33 bits per heavy atom. The Morgan fingerprint density at radius 2 is 2.10 bits per heavy atom. The van der Waals surface area contributed by atoms with Crippen LogP contribution in [0.4, 0.5) is 0 Å². The second kappa shape index (κ2) is 8.68. The summed E-state index contributed by atoms with van der Waals surface area (Å²) in [6, 6.07) is 0.530. The second-order valence-electron chi connectivity index (χ2n) is 6.21. The minimum Gasteiger partial charge on any atom is -0.383 e. The average Bonchev–Trinajstić information content (AvgIpc) is 2.98. The van der Waals surface area contributed by atoms with Crippen LogP contribution >= 0.6 is 0 Å². The fraction of sp³-hybridized carbons (Fsp3) is 0.933. The maximum atomic E-state index is 12.5. The summed E-state index contributed by atoms with van der Waals surface area (Å²) in [5.41, 5.74) is 0. The third-order valence-electron chi connectivity index (χ3n) is 4.47. The standard InChI is InChI=1S/C15H30N4O2/c1-17-6-8-19(9-7-17)15(20)13-18(10-11-21-2)12-14-4-3-5-16-14/h14,16H,3-13H2,1-2H3. The number of nitrogens with one attached hydrogen (secondary N) is 1. The SMILES string of the molecule is COCCN(CC(=O)N1CCN(C)CC1)CC1CCCN1. The number of ether oxygens (including phenoxy) is 1. The molecule has 0 saturated carbocycles. The van der Waals surface area contributed by atoms with E-state index >= 15 is 0 Å². The number of methoxy groups -OCH3 is 1. The molecular formula is C15H30N4O2. The van der Waals surface area contributed by atoms with Crippen LogP contribution in [-0.4, -0.2) is 99.8 Å². The lowest BCUT2D eigenvalue weighted by Gasteiger charge is -2.34. The highest BCUT2D eigenvalue weighted by Crippen LogP contribution is 2.08. The van der Waals surface area contributed by atoms with Gasteiger partial charge in [-0.2, -0.15) is 0 Å². The van der Waals surface area contributed by atoms with Gasteiger partial charge in [0.1, 0.15) is 0 Å². The minimum absolute atomic E-state index is 0.261. The third-order valence-corrected chi connectivity index (χ3v) is 4.47. The molecule has 122 valence electrons. The first-order chi connectivity index (χ1) is 10.2. The molecule has 2 aliphatic rings. The largest absolute Gasteiger partial charge is 0.383 e. The van der Waals surface area contributed by atoms with Crippen molar-refractivity contribution in [3.8, 4) is 0 Å². The smallest absolute Gasteiger partial charge is 0.236 e. The molecule has 2 aliphatic heterocycles. The van der Waals surface area contributed by atoms with Crippen LogP contribution in [0.3, 0.4) is 0 Å². The normalized spacial score (nSPS) is 24.0. The van der Waals surface area contributed by atoms with E-state index < -0.39 is 0 Å². The van der Waals surface area contributed by atoms with Gasteiger partial charge in [0, 0.05) is 52.4 Å². The summed E-state index contributed by atoms with van der Waals surface area (Å²) in [4.78, 5) is 19.0. The van der Waals surface area contributed by atoms with E-state index in [0.717, 1.165) is 45.8 Å². The molecule has 0 bridgehead atoms. The monoisotopic (exact) mass is 298 g/mol. The van der Waals surface area contributed by atoms with Gasteiger partial charge in [-0.05, 0) is 26.4 Å². The Kier molecular flexibility index (Phi) is 6.89. The third kappa shape index (κ3) is 5.54. The summed E-state index contributed by atoms with van der Waals surface area (Å²) < 4.78 is 5.18. The summed E-state index contributed by atoms with van der Waals surface area (Å²) in [6.45, 7) is 7.76. The molecule has 6 nitrogen and oxygen atoms in total. The zero-order chi connectivity index (χ0) is 15.1. The van der Waals surface area contributed by atoms with E-state index in [4.69, 9.17) is 4.74 Å². The lowest BCUT2D eigenvalue weighted by atomic mass is 10.2. The van der Waals surface area contributed by atoms with E-state index in [1.54, 1.807) is 7.11 Å². The lowest BCUT2D eigenvalue weighted by molar-refractivity contribution is -0.134. The van der Waals surface area contributed by atoms with Crippen molar-refractivity contribution >= 4 is 5.91 Å². The van der Waals surface area contributed by atoms with Crippen LogP contribution in [0.2, 0.25) is 0 Å². The number of carbonyl (C=O) groups is 1. The predicted octanol–water partition coefficient (Wildman–Crippen LogP) is -0.539. The number of piperazine rings is 1. The van der Waals surface area contributed by atoms with Gasteiger partial charge in [-0.25, -0.2) is 0 Å². The molecule has 2 saturated heterocycles. The number of hydrogen-bond acceptors (Lipinski definition) is 5. The molecule has 0 spiro atoms. The number of likely N-dealkylation sites (N-methyl/N-ethyl adjacent to an activating group) is 1. The Morgan fingerprint density at radius 3 is 2.71 bits per heavy atom. The van der Waals surface area contributed by atoms with E-state index in [2.05, 4.69) is 22.2 Å². The molecule has 0 aromatic carbocycles. The topological polar surface area (TPSA) is 48.1 Å². The van der Waals surface area contributed by atoms with Crippen molar-refractivity contribution in [2.45, 2.75) is 18.9 Å². The number of nitrogens with zero attached hydrogens (tertiary/aromatic N) is 3. The first-order valence-corrected chi connectivity index (χ1v) is 8.10. The number of rotatable bonds is 7. The molecule has 1 atom stereocenters. The molecule has 1 unspecified atom stereocenters. The van der Waals surface area contributed by atoms with Crippen LogP contribution in [0.25, 0.3) is 0 Å². The number of carbonyl (C=O) groups excluding carboxylic acids is 1. The molecule has 2 rings (SSSR count). The Bertz CT molecular complexity index is 313. The molecule has 0 aromatic heterocycles. The lowest BCUT2D eigenvalue weighted by Crippen LogP contribution is -2.51. The molecule has 21 heavy (non-hydrogen) atoms.